The first-order chi connectivity index (χ1) is 20.2. The highest BCUT2D eigenvalue weighted by atomic mass is 16.5. The molecule has 2 aromatic heterocycles. The summed E-state index contributed by atoms with van der Waals surface area (Å²) >= 11 is 0. The highest BCUT2D eigenvalue weighted by molar-refractivity contribution is 5.95. The molecular formula is C24H30N12O6. The molecule has 2 heterocycles. The van der Waals surface area contributed by atoms with Crippen molar-refractivity contribution in [3.05, 3.63) is 47.8 Å². The van der Waals surface area contributed by atoms with Crippen LogP contribution >= 0.6 is 0 Å². The number of amides is 2. The van der Waals surface area contributed by atoms with Crippen LogP contribution in [-0.2, 0) is 19.1 Å². The Balaban J connectivity index is 1.45. The van der Waals surface area contributed by atoms with Crippen molar-refractivity contribution in [1.29, 1.82) is 0 Å². The molecule has 0 unspecified atom stereocenters. The summed E-state index contributed by atoms with van der Waals surface area (Å²) in [6.45, 7) is 3.50. The van der Waals surface area contributed by atoms with Gasteiger partial charge in [-0.2, -0.15) is 10.2 Å². The van der Waals surface area contributed by atoms with Crippen LogP contribution in [0, 0.1) is 0 Å². The fourth-order valence-electron chi connectivity index (χ4n) is 3.19. The number of anilines is 2. The van der Waals surface area contributed by atoms with Gasteiger partial charge < -0.3 is 20.1 Å². The average Bonchev–Trinajstić information content (AvgIpc) is 3.62. The lowest BCUT2D eigenvalue weighted by molar-refractivity contribution is -0.118. The molecule has 0 aliphatic heterocycles. The van der Waals surface area contributed by atoms with Gasteiger partial charge in [0.2, 0.25) is 11.8 Å². The number of nitrogens with zero attached hydrogens (tertiary/aromatic N) is 8. The molecule has 3 rings (SSSR count). The lowest BCUT2D eigenvalue weighted by atomic mass is 10.2. The van der Waals surface area contributed by atoms with Gasteiger partial charge in [-0.1, -0.05) is 10.4 Å². The minimum absolute atomic E-state index is 0.105. The SMILES string of the molecule is CCOC(=O)c1cn[nH]c1N=NN(C)CC(=O)Nc1ccc(NC(=O)CN(C)N=Nc2[nH]ncc2C(=O)OCC)cc1. The van der Waals surface area contributed by atoms with E-state index in [1.165, 1.54) is 36.5 Å². The number of hydrogen-bond donors (Lipinski definition) is 4. The minimum atomic E-state index is -0.589. The van der Waals surface area contributed by atoms with Gasteiger partial charge in [0.05, 0.1) is 25.6 Å². The lowest BCUT2D eigenvalue weighted by Crippen LogP contribution is -2.27. The third-order valence-electron chi connectivity index (χ3n) is 5.02. The highest BCUT2D eigenvalue weighted by Crippen LogP contribution is 2.18. The zero-order valence-electron chi connectivity index (χ0n) is 23.3. The number of H-pyrrole nitrogens is 2. The monoisotopic (exact) mass is 582 g/mol. The van der Waals surface area contributed by atoms with E-state index in [4.69, 9.17) is 9.47 Å². The number of ether oxygens (including phenoxy) is 2. The van der Waals surface area contributed by atoms with Crippen LogP contribution in [0.2, 0.25) is 0 Å². The first kappa shape index (κ1) is 30.9. The molecule has 0 aliphatic rings. The predicted octanol–water partition coefficient (Wildman–Crippen LogP) is 2.62. The summed E-state index contributed by atoms with van der Waals surface area (Å²) in [7, 11) is 3.07. The third kappa shape index (κ3) is 9.21. The number of esters is 2. The van der Waals surface area contributed by atoms with Crippen molar-refractivity contribution < 1.29 is 28.7 Å². The lowest BCUT2D eigenvalue weighted by Gasteiger charge is -2.13. The number of rotatable bonds is 14. The van der Waals surface area contributed by atoms with Crippen LogP contribution in [-0.4, -0.2) is 94.6 Å². The third-order valence-corrected chi connectivity index (χ3v) is 5.02. The first-order valence-corrected chi connectivity index (χ1v) is 12.6. The second-order valence-electron chi connectivity index (χ2n) is 8.39. The summed E-state index contributed by atoms with van der Waals surface area (Å²) in [5.41, 5.74) is 1.23. The van der Waals surface area contributed by atoms with Gasteiger partial charge in [-0.3, -0.25) is 29.8 Å². The fraction of sp³-hybridized carbons (Fsp3) is 0.333. The maximum Gasteiger partial charge on any atom is 0.343 e. The maximum absolute atomic E-state index is 12.4. The maximum atomic E-state index is 12.4. The largest absolute Gasteiger partial charge is 0.462 e. The Hall–Kier alpha value is -5.68. The van der Waals surface area contributed by atoms with E-state index in [1.54, 1.807) is 38.1 Å². The van der Waals surface area contributed by atoms with Gasteiger partial charge in [0.25, 0.3) is 0 Å². The van der Waals surface area contributed by atoms with E-state index in [1.807, 2.05) is 0 Å². The Morgan fingerprint density at radius 2 is 1.12 bits per heavy atom. The van der Waals surface area contributed by atoms with Crippen LogP contribution in [0.25, 0.3) is 0 Å². The molecule has 0 radical (unpaired) electrons. The second kappa shape index (κ2) is 15.2. The van der Waals surface area contributed by atoms with E-state index < -0.39 is 11.9 Å². The topological polar surface area (TPSA) is 224 Å². The Bertz CT molecular complexity index is 1320. The van der Waals surface area contributed by atoms with Crippen LogP contribution in [0.15, 0.2) is 57.3 Å². The van der Waals surface area contributed by atoms with Gasteiger partial charge in [-0.15, -0.1) is 10.2 Å². The Morgan fingerprint density at radius 1 is 0.738 bits per heavy atom. The smallest absolute Gasteiger partial charge is 0.343 e. The van der Waals surface area contributed by atoms with E-state index >= 15 is 0 Å². The summed E-state index contributed by atoms with van der Waals surface area (Å²) in [4.78, 5) is 48.6. The van der Waals surface area contributed by atoms with Crippen molar-refractivity contribution in [2.75, 3.05) is 51.0 Å². The molecule has 0 saturated carbocycles. The van der Waals surface area contributed by atoms with Gasteiger partial charge in [-0.25, -0.2) is 9.59 Å². The number of aromatic amines is 2. The summed E-state index contributed by atoms with van der Waals surface area (Å²) < 4.78 is 9.84. The normalized spacial score (nSPS) is 11.0. The second-order valence-corrected chi connectivity index (χ2v) is 8.39. The van der Waals surface area contributed by atoms with Gasteiger partial charge >= 0.3 is 11.9 Å². The molecule has 222 valence electrons. The van der Waals surface area contributed by atoms with Crippen LogP contribution in [0.5, 0.6) is 0 Å². The van der Waals surface area contributed by atoms with Gasteiger partial charge in [0, 0.05) is 25.5 Å². The molecule has 18 nitrogen and oxygen atoms in total. The molecule has 1 aromatic carbocycles. The molecule has 0 bridgehead atoms. The van der Waals surface area contributed by atoms with Gasteiger partial charge in [0.1, 0.15) is 24.2 Å². The van der Waals surface area contributed by atoms with E-state index in [-0.39, 0.29) is 60.9 Å². The molecular weight excluding hydrogens is 552 g/mol. The van der Waals surface area contributed by atoms with Crippen molar-refractivity contribution in [1.82, 2.24) is 30.4 Å². The number of likely N-dealkylation sites (N-methyl/N-ethyl adjacent to an activating group) is 2. The van der Waals surface area contributed by atoms with E-state index in [9.17, 15) is 19.2 Å². The highest BCUT2D eigenvalue weighted by Gasteiger charge is 2.16. The molecule has 0 aliphatic carbocycles. The average molecular weight is 583 g/mol. The fourth-order valence-corrected chi connectivity index (χ4v) is 3.19. The minimum Gasteiger partial charge on any atom is -0.462 e. The quantitative estimate of drug-likeness (QED) is 0.123. The van der Waals surface area contributed by atoms with Crippen molar-refractivity contribution in [2.45, 2.75) is 13.8 Å². The van der Waals surface area contributed by atoms with Crippen LogP contribution < -0.4 is 10.6 Å². The van der Waals surface area contributed by atoms with E-state index in [0.717, 1.165) is 0 Å². The van der Waals surface area contributed by atoms with E-state index in [2.05, 4.69) is 51.7 Å². The Kier molecular flexibility index (Phi) is 11.2. The van der Waals surface area contributed by atoms with Crippen LogP contribution in [0.1, 0.15) is 34.6 Å². The summed E-state index contributed by atoms with van der Waals surface area (Å²) in [5, 5.41) is 36.2. The summed E-state index contributed by atoms with van der Waals surface area (Å²) in [5.74, 6) is -1.72. The zero-order chi connectivity index (χ0) is 30.5. The van der Waals surface area contributed by atoms with Crippen molar-refractivity contribution >= 4 is 46.8 Å². The van der Waals surface area contributed by atoms with Gasteiger partial charge in [-0.05, 0) is 38.1 Å². The number of aromatic nitrogens is 4. The number of carbonyl (C=O) groups excluding carboxylic acids is 4. The predicted molar refractivity (Wildman–Crippen MR) is 147 cm³/mol. The molecule has 2 amide bonds. The van der Waals surface area contributed by atoms with Gasteiger partial charge in [0.15, 0.2) is 11.6 Å². The Morgan fingerprint density at radius 3 is 1.48 bits per heavy atom. The molecule has 42 heavy (non-hydrogen) atoms. The summed E-state index contributed by atoms with van der Waals surface area (Å²) in [6, 6.07) is 6.46. The zero-order valence-corrected chi connectivity index (χ0v) is 23.3. The number of hydrogen-bond acceptors (Lipinski definition) is 12. The number of nitrogens with one attached hydrogen (secondary N) is 4. The molecule has 18 heteroatoms. The molecule has 0 atom stereocenters. The molecule has 0 spiro atoms. The first-order valence-electron chi connectivity index (χ1n) is 12.6. The summed E-state index contributed by atoms with van der Waals surface area (Å²) in [6.07, 6.45) is 2.56. The molecule has 0 saturated heterocycles. The van der Waals surface area contributed by atoms with E-state index in [0.29, 0.717) is 11.4 Å². The molecule has 4 N–H and O–H groups in total. The number of carbonyl (C=O) groups is 4. The van der Waals surface area contributed by atoms with Crippen LogP contribution in [0.3, 0.4) is 0 Å². The molecule has 3 aromatic rings. The standard InChI is InChI=1S/C24H30N12O6/c1-5-41-23(39)17-11-25-29-21(17)31-33-35(3)13-19(37)27-15-7-9-16(10-8-15)28-20(38)14-36(4)34-32-22-18(12-26-30-22)24(40)42-6-2/h7-12H,5-6,13-14H2,1-4H3,(H,25,29)(H,26,30)(H,27,37)(H,28,38). The van der Waals surface area contributed by atoms with Crippen molar-refractivity contribution in [3.63, 3.8) is 0 Å². The number of benzene rings is 1. The van der Waals surface area contributed by atoms with Crippen LogP contribution in [0.4, 0.5) is 23.0 Å². The van der Waals surface area contributed by atoms with Crippen molar-refractivity contribution in [2.24, 2.45) is 20.7 Å². The Labute approximate surface area is 239 Å². The molecule has 0 fully saturated rings. The van der Waals surface area contributed by atoms with Crippen molar-refractivity contribution in [3.8, 4) is 0 Å².